The van der Waals surface area contributed by atoms with E-state index in [1.165, 1.54) is 0 Å². The van der Waals surface area contributed by atoms with Crippen LogP contribution in [0.25, 0.3) is 0 Å². The number of carbonyl (C=O) groups excluding carboxylic acids is 2. The van der Waals surface area contributed by atoms with Crippen LogP contribution in [0.4, 0.5) is 11.4 Å². The van der Waals surface area contributed by atoms with Crippen LogP contribution in [0.1, 0.15) is 24.8 Å². The standard InChI is InChI=1S/C16H21N3O3/c1-22-16(6-8-17-9-7-16)15(21)18-12-3-4-13-11(10-12)2-5-14(20)19-13/h3-4,10,17H,2,5-9H2,1H3,(H,18,21)(H,19,20). The fourth-order valence-electron chi connectivity index (χ4n) is 3.06. The second kappa shape index (κ2) is 6.06. The van der Waals surface area contributed by atoms with E-state index in [-0.39, 0.29) is 11.8 Å². The van der Waals surface area contributed by atoms with E-state index in [1.807, 2.05) is 18.2 Å². The average Bonchev–Trinajstić information content (AvgIpc) is 2.55. The molecule has 2 heterocycles. The van der Waals surface area contributed by atoms with Crippen LogP contribution in [0, 0.1) is 0 Å². The van der Waals surface area contributed by atoms with Crippen molar-refractivity contribution >= 4 is 23.2 Å². The maximum absolute atomic E-state index is 12.6. The van der Waals surface area contributed by atoms with E-state index in [1.54, 1.807) is 7.11 Å². The molecule has 3 N–H and O–H groups in total. The van der Waals surface area contributed by atoms with Crippen LogP contribution >= 0.6 is 0 Å². The van der Waals surface area contributed by atoms with Crippen LogP contribution < -0.4 is 16.0 Å². The first-order valence-electron chi connectivity index (χ1n) is 7.63. The van der Waals surface area contributed by atoms with E-state index in [9.17, 15) is 9.59 Å². The lowest BCUT2D eigenvalue weighted by Gasteiger charge is -2.34. The van der Waals surface area contributed by atoms with Gasteiger partial charge in [-0.1, -0.05) is 0 Å². The zero-order valence-corrected chi connectivity index (χ0v) is 12.7. The third-order valence-corrected chi connectivity index (χ3v) is 4.47. The monoisotopic (exact) mass is 303 g/mol. The molecule has 0 aliphatic carbocycles. The molecule has 0 radical (unpaired) electrons. The Morgan fingerprint density at radius 1 is 1.27 bits per heavy atom. The van der Waals surface area contributed by atoms with E-state index in [2.05, 4.69) is 16.0 Å². The number of carbonyl (C=O) groups is 2. The predicted molar refractivity (Wildman–Crippen MR) is 83.9 cm³/mol. The third kappa shape index (κ3) is 2.84. The summed E-state index contributed by atoms with van der Waals surface area (Å²) in [6, 6.07) is 5.58. The number of aryl methyl sites for hydroxylation is 1. The van der Waals surface area contributed by atoms with Crippen LogP contribution in [-0.2, 0) is 20.7 Å². The highest BCUT2D eigenvalue weighted by Crippen LogP contribution is 2.28. The van der Waals surface area contributed by atoms with Crippen molar-refractivity contribution in [3.63, 3.8) is 0 Å². The van der Waals surface area contributed by atoms with Gasteiger partial charge in [-0.3, -0.25) is 9.59 Å². The Morgan fingerprint density at radius 2 is 2.05 bits per heavy atom. The molecule has 1 fully saturated rings. The van der Waals surface area contributed by atoms with Crippen LogP contribution in [0.15, 0.2) is 18.2 Å². The second-order valence-corrected chi connectivity index (χ2v) is 5.82. The van der Waals surface area contributed by atoms with Gasteiger partial charge in [-0.25, -0.2) is 0 Å². The molecule has 1 aromatic carbocycles. The average molecular weight is 303 g/mol. The van der Waals surface area contributed by atoms with Crippen molar-refractivity contribution in [2.45, 2.75) is 31.3 Å². The van der Waals surface area contributed by atoms with Crippen molar-refractivity contribution in [3.05, 3.63) is 23.8 Å². The summed E-state index contributed by atoms with van der Waals surface area (Å²) < 4.78 is 5.53. The Bertz CT molecular complexity index is 594. The number of benzene rings is 1. The predicted octanol–water partition coefficient (Wildman–Crippen LogP) is 1.28. The number of methoxy groups -OCH3 is 1. The molecular weight excluding hydrogens is 282 g/mol. The summed E-state index contributed by atoms with van der Waals surface area (Å²) in [6.07, 6.45) is 2.51. The summed E-state index contributed by atoms with van der Waals surface area (Å²) in [5.74, 6) is -0.0615. The molecular formula is C16H21N3O3. The van der Waals surface area contributed by atoms with E-state index >= 15 is 0 Å². The summed E-state index contributed by atoms with van der Waals surface area (Å²) >= 11 is 0. The van der Waals surface area contributed by atoms with E-state index in [4.69, 9.17) is 4.74 Å². The Morgan fingerprint density at radius 3 is 2.77 bits per heavy atom. The first kappa shape index (κ1) is 15.0. The highest BCUT2D eigenvalue weighted by molar-refractivity contribution is 5.99. The Kier molecular flexibility index (Phi) is 4.13. The van der Waals surface area contributed by atoms with E-state index < -0.39 is 5.60 Å². The molecule has 2 aliphatic heterocycles. The van der Waals surface area contributed by atoms with Gasteiger partial charge in [-0.05, 0) is 56.1 Å². The van der Waals surface area contributed by atoms with Crippen molar-refractivity contribution in [3.8, 4) is 0 Å². The first-order valence-corrected chi connectivity index (χ1v) is 7.63. The molecule has 0 bridgehead atoms. The van der Waals surface area contributed by atoms with Crippen molar-refractivity contribution < 1.29 is 14.3 Å². The van der Waals surface area contributed by atoms with Gasteiger partial charge >= 0.3 is 0 Å². The van der Waals surface area contributed by atoms with Crippen molar-refractivity contribution in [2.24, 2.45) is 0 Å². The van der Waals surface area contributed by atoms with E-state index in [0.29, 0.717) is 25.7 Å². The molecule has 1 aromatic rings. The lowest BCUT2D eigenvalue weighted by molar-refractivity contribution is -0.140. The molecule has 6 nitrogen and oxygen atoms in total. The van der Waals surface area contributed by atoms with Gasteiger partial charge < -0.3 is 20.7 Å². The number of amides is 2. The highest BCUT2D eigenvalue weighted by atomic mass is 16.5. The molecule has 1 saturated heterocycles. The highest BCUT2D eigenvalue weighted by Gasteiger charge is 2.39. The van der Waals surface area contributed by atoms with Gasteiger partial charge in [-0.15, -0.1) is 0 Å². The molecule has 2 amide bonds. The van der Waals surface area contributed by atoms with Gasteiger partial charge in [0.2, 0.25) is 5.91 Å². The van der Waals surface area contributed by atoms with Crippen LogP contribution in [0.5, 0.6) is 0 Å². The van der Waals surface area contributed by atoms with Gasteiger partial charge in [0.25, 0.3) is 5.91 Å². The number of anilines is 2. The smallest absolute Gasteiger partial charge is 0.256 e. The number of ether oxygens (including phenoxy) is 1. The molecule has 0 atom stereocenters. The van der Waals surface area contributed by atoms with Crippen LogP contribution in [0.2, 0.25) is 0 Å². The lowest BCUT2D eigenvalue weighted by atomic mass is 9.91. The Hall–Kier alpha value is -1.92. The van der Waals surface area contributed by atoms with Gasteiger partial charge in [-0.2, -0.15) is 0 Å². The molecule has 22 heavy (non-hydrogen) atoms. The topological polar surface area (TPSA) is 79.5 Å². The zero-order valence-electron chi connectivity index (χ0n) is 12.7. The summed E-state index contributed by atoms with van der Waals surface area (Å²) in [5.41, 5.74) is 1.87. The maximum Gasteiger partial charge on any atom is 0.256 e. The fourth-order valence-corrected chi connectivity index (χ4v) is 3.06. The summed E-state index contributed by atoms with van der Waals surface area (Å²) in [7, 11) is 1.59. The van der Waals surface area contributed by atoms with Crippen molar-refractivity contribution in [1.82, 2.24) is 5.32 Å². The van der Waals surface area contributed by atoms with Crippen LogP contribution in [0.3, 0.4) is 0 Å². The number of hydrogen-bond donors (Lipinski definition) is 3. The minimum Gasteiger partial charge on any atom is -0.368 e. The van der Waals surface area contributed by atoms with Gasteiger partial charge in [0.05, 0.1) is 0 Å². The SMILES string of the molecule is COC1(C(=O)Nc2ccc3c(c2)CCC(=O)N3)CCNCC1. The molecule has 118 valence electrons. The van der Waals surface area contributed by atoms with Gasteiger partial charge in [0.1, 0.15) is 5.60 Å². The molecule has 0 unspecified atom stereocenters. The third-order valence-electron chi connectivity index (χ3n) is 4.47. The fraction of sp³-hybridized carbons (Fsp3) is 0.500. The number of fused-ring (bicyclic) bond motifs is 1. The maximum atomic E-state index is 12.6. The Labute approximate surface area is 129 Å². The summed E-state index contributed by atoms with van der Waals surface area (Å²) in [4.78, 5) is 24.0. The van der Waals surface area contributed by atoms with E-state index in [0.717, 1.165) is 30.0 Å². The molecule has 0 saturated carbocycles. The normalized spacial score (nSPS) is 20.0. The first-order chi connectivity index (χ1) is 10.6. The quantitative estimate of drug-likeness (QED) is 0.786. The molecule has 0 spiro atoms. The summed E-state index contributed by atoms with van der Waals surface area (Å²) in [6.45, 7) is 1.55. The molecule has 6 heteroatoms. The van der Waals surface area contributed by atoms with Gasteiger partial charge in [0, 0.05) is 24.9 Å². The van der Waals surface area contributed by atoms with Crippen molar-refractivity contribution in [2.75, 3.05) is 30.8 Å². The number of hydrogen-bond acceptors (Lipinski definition) is 4. The summed E-state index contributed by atoms with van der Waals surface area (Å²) in [5, 5.41) is 9.04. The molecule has 0 aromatic heterocycles. The van der Waals surface area contributed by atoms with Crippen LogP contribution in [-0.4, -0.2) is 37.6 Å². The minimum absolute atomic E-state index is 0.0392. The number of nitrogens with one attached hydrogen (secondary N) is 3. The van der Waals surface area contributed by atoms with Gasteiger partial charge in [0.15, 0.2) is 0 Å². The van der Waals surface area contributed by atoms with Crippen molar-refractivity contribution in [1.29, 1.82) is 0 Å². The molecule has 3 rings (SSSR count). The largest absolute Gasteiger partial charge is 0.368 e. The second-order valence-electron chi connectivity index (χ2n) is 5.82. The lowest BCUT2D eigenvalue weighted by Crippen LogP contribution is -2.51. The molecule has 2 aliphatic rings. The number of piperidine rings is 1. The number of rotatable bonds is 3. The zero-order chi connectivity index (χ0) is 15.6. The Balaban J connectivity index is 1.75. The minimum atomic E-state index is -0.755.